The SMILES string of the molecule is CCc1cccc2c(CN(CCOC)CC(=O)O)c[nH]c12. The number of fused-ring (bicyclic) bond motifs is 1. The van der Waals surface area contributed by atoms with E-state index in [0.717, 1.165) is 17.5 Å². The number of hydrogen-bond acceptors (Lipinski definition) is 3. The Morgan fingerprint density at radius 1 is 1.38 bits per heavy atom. The largest absolute Gasteiger partial charge is 0.480 e. The lowest BCUT2D eigenvalue weighted by atomic mass is 10.1. The molecule has 5 nitrogen and oxygen atoms in total. The van der Waals surface area contributed by atoms with Gasteiger partial charge < -0.3 is 14.8 Å². The van der Waals surface area contributed by atoms with Gasteiger partial charge in [0.1, 0.15) is 0 Å². The highest BCUT2D eigenvalue weighted by atomic mass is 16.5. The second kappa shape index (κ2) is 7.24. The Balaban J connectivity index is 2.21. The summed E-state index contributed by atoms with van der Waals surface area (Å²) < 4.78 is 5.05. The van der Waals surface area contributed by atoms with Gasteiger partial charge in [-0.3, -0.25) is 9.69 Å². The highest BCUT2D eigenvalue weighted by molar-refractivity contribution is 5.86. The quantitative estimate of drug-likeness (QED) is 0.782. The van der Waals surface area contributed by atoms with Gasteiger partial charge in [-0.1, -0.05) is 25.1 Å². The molecule has 2 N–H and O–H groups in total. The molecule has 21 heavy (non-hydrogen) atoms. The average molecular weight is 290 g/mol. The topological polar surface area (TPSA) is 65.6 Å². The van der Waals surface area contributed by atoms with Crippen molar-refractivity contribution in [1.82, 2.24) is 9.88 Å². The third-order valence-electron chi connectivity index (χ3n) is 3.63. The van der Waals surface area contributed by atoms with Gasteiger partial charge in [-0.15, -0.1) is 0 Å². The molecule has 1 aromatic heterocycles. The van der Waals surface area contributed by atoms with Gasteiger partial charge in [-0.05, 0) is 17.5 Å². The zero-order valence-electron chi connectivity index (χ0n) is 12.6. The number of carbonyl (C=O) groups is 1. The highest BCUT2D eigenvalue weighted by Gasteiger charge is 2.13. The fourth-order valence-electron chi connectivity index (χ4n) is 2.57. The molecule has 0 atom stereocenters. The number of benzene rings is 1. The zero-order valence-corrected chi connectivity index (χ0v) is 12.6. The maximum absolute atomic E-state index is 11.0. The predicted molar refractivity (Wildman–Crippen MR) is 82.5 cm³/mol. The summed E-state index contributed by atoms with van der Waals surface area (Å²) in [6, 6.07) is 6.24. The molecule has 0 aliphatic heterocycles. The Bertz CT molecular complexity index is 607. The lowest BCUT2D eigenvalue weighted by Crippen LogP contribution is -2.32. The number of methoxy groups -OCH3 is 1. The van der Waals surface area contributed by atoms with Crippen LogP contribution in [0, 0.1) is 0 Å². The maximum atomic E-state index is 11.0. The van der Waals surface area contributed by atoms with Crippen LogP contribution >= 0.6 is 0 Å². The van der Waals surface area contributed by atoms with Crippen molar-refractivity contribution in [2.75, 3.05) is 26.8 Å². The van der Waals surface area contributed by atoms with Crippen LogP contribution in [0.15, 0.2) is 24.4 Å². The minimum Gasteiger partial charge on any atom is -0.480 e. The molecule has 1 heterocycles. The van der Waals surface area contributed by atoms with Crippen molar-refractivity contribution in [1.29, 1.82) is 0 Å². The molecule has 0 fully saturated rings. The van der Waals surface area contributed by atoms with E-state index in [1.54, 1.807) is 7.11 Å². The molecule has 0 aliphatic rings. The number of nitrogens with one attached hydrogen (secondary N) is 1. The van der Waals surface area contributed by atoms with E-state index >= 15 is 0 Å². The summed E-state index contributed by atoms with van der Waals surface area (Å²) in [6.45, 7) is 3.87. The van der Waals surface area contributed by atoms with E-state index in [0.29, 0.717) is 19.7 Å². The van der Waals surface area contributed by atoms with Crippen molar-refractivity contribution in [2.24, 2.45) is 0 Å². The number of carboxylic acids is 1. The summed E-state index contributed by atoms with van der Waals surface area (Å²) in [5.74, 6) is -0.819. The third-order valence-corrected chi connectivity index (χ3v) is 3.63. The van der Waals surface area contributed by atoms with E-state index in [-0.39, 0.29) is 6.54 Å². The molecule has 0 saturated heterocycles. The van der Waals surface area contributed by atoms with Gasteiger partial charge in [0.25, 0.3) is 0 Å². The van der Waals surface area contributed by atoms with E-state index < -0.39 is 5.97 Å². The molecule has 114 valence electrons. The second-order valence-electron chi connectivity index (χ2n) is 5.10. The summed E-state index contributed by atoms with van der Waals surface area (Å²) in [4.78, 5) is 16.2. The molecule has 5 heteroatoms. The Hall–Kier alpha value is -1.85. The van der Waals surface area contributed by atoms with Crippen LogP contribution in [0.25, 0.3) is 10.9 Å². The molecule has 0 unspecified atom stereocenters. The fraction of sp³-hybridized carbons (Fsp3) is 0.438. The number of ether oxygens (including phenoxy) is 1. The number of aryl methyl sites for hydroxylation is 1. The van der Waals surface area contributed by atoms with Crippen molar-refractivity contribution in [3.63, 3.8) is 0 Å². The van der Waals surface area contributed by atoms with E-state index in [2.05, 4.69) is 30.1 Å². The lowest BCUT2D eigenvalue weighted by Gasteiger charge is -2.19. The number of hydrogen-bond donors (Lipinski definition) is 2. The van der Waals surface area contributed by atoms with E-state index in [1.807, 2.05) is 11.1 Å². The number of nitrogens with zero attached hydrogens (tertiary/aromatic N) is 1. The first-order chi connectivity index (χ1) is 10.2. The second-order valence-corrected chi connectivity index (χ2v) is 5.10. The van der Waals surface area contributed by atoms with Crippen LogP contribution in [-0.2, 0) is 22.5 Å². The van der Waals surface area contributed by atoms with Crippen LogP contribution in [0.5, 0.6) is 0 Å². The van der Waals surface area contributed by atoms with Crippen molar-refractivity contribution in [3.8, 4) is 0 Å². The van der Waals surface area contributed by atoms with Crippen LogP contribution in [0.4, 0.5) is 0 Å². The van der Waals surface area contributed by atoms with Crippen LogP contribution < -0.4 is 0 Å². The normalized spacial score (nSPS) is 11.4. The standard InChI is InChI=1S/C16H22N2O3/c1-3-12-5-4-6-14-13(9-17-16(12)14)10-18(7-8-21-2)11-15(19)20/h4-6,9,17H,3,7-8,10-11H2,1-2H3,(H,19,20). The van der Waals surface area contributed by atoms with Gasteiger partial charge in [-0.2, -0.15) is 0 Å². The number of para-hydroxylation sites is 1. The zero-order chi connectivity index (χ0) is 15.2. The first-order valence-corrected chi connectivity index (χ1v) is 7.16. The van der Waals surface area contributed by atoms with Crippen molar-refractivity contribution in [3.05, 3.63) is 35.5 Å². The number of rotatable bonds is 8. The number of H-pyrrole nitrogens is 1. The summed E-state index contributed by atoms with van der Waals surface area (Å²) in [5, 5.41) is 10.2. The summed E-state index contributed by atoms with van der Waals surface area (Å²) in [6.07, 6.45) is 2.95. The number of carboxylic acid groups (broad SMARTS) is 1. The van der Waals surface area contributed by atoms with Gasteiger partial charge in [0, 0.05) is 37.3 Å². The van der Waals surface area contributed by atoms with Crippen LogP contribution in [0.3, 0.4) is 0 Å². The Morgan fingerprint density at radius 2 is 2.19 bits per heavy atom. The molecule has 0 amide bonds. The molecule has 0 spiro atoms. The van der Waals surface area contributed by atoms with Gasteiger partial charge in [0.15, 0.2) is 0 Å². The van der Waals surface area contributed by atoms with Gasteiger partial charge in [0.05, 0.1) is 13.2 Å². The summed E-state index contributed by atoms with van der Waals surface area (Å²) in [7, 11) is 1.62. The lowest BCUT2D eigenvalue weighted by molar-refractivity contribution is -0.138. The summed E-state index contributed by atoms with van der Waals surface area (Å²) >= 11 is 0. The molecule has 0 saturated carbocycles. The third kappa shape index (κ3) is 3.83. The Labute approximate surface area is 124 Å². The first kappa shape index (κ1) is 15.5. The Kier molecular flexibility index (Phi) is 5.36. The summed E-state index contributed by atoms with van der Waals surface area (Å²) in [5.41, 5.74) is 3.55. The highest BCUT2D eigenvalue weighted by Crippen LogP contribution is 2.23. The van der Waals surface area contributed by atoms with Gasteiger partial charge in [0.2, 0.25) is 0 Å². The maximum Gasteiger partial charge on any atom is 0.317 e. The molecular weight excluding hydrogens is 268 g/mol. The van der Waals surface area contributed by atoms with Gasteiger partial charge >= 0.3 is 5.97 Å². The van der Waals surface area contributed by atoms with Crippen molar-refractivity contribution < 1.29 is 14.6 Å². The van der Waals surface area contributed by atoms with Crippen molar-refractivity contribution >= 4 is 16.9 Å². The van der Waals surface area contributed by atoms with Crippen molar-refractivity contribution in [2.45, 2.75) is 19.9 Å². The van der Waals surface area contributed by atoms with Gasteiger partial charge in [-0.25, -0.2) is 0 Å². The predicted octanol–water partition coefficient (Wildman–Crippen LogP) is 2.26. The minimum atomic E-state index is -0.819. The average Bonchev–Trinajstić information content (AvgIpc) is 2.87. The smallest absolute Gasteiger partial charge is 0.317 e. The number of aromatic nitrogens is 1. The van der Waals surface area contributed by atoms with E-state index in [9.17, 15) is 4.79 Å². The fourth-order valence-corrected chi connectivity index (χ4v) is 2.57. The van der Waals surface area contributed by atoms with Crippen LogP contribution in [-0.4, -0.2) is 47.8 Å². The minimum absolute atomic E-state index is 0.0174. The number of aromatic amines is 1. The molecule has 2 rings (SSSR count). The van der Waals surface area contributed by atoms with Crippen LogP contribution in [0.2, 0.25) is 0 Å². The molecule has 1 aromatic carbocycles. The van der Waals surface area contributed by atoms with E-state index in [1.165, 1.54) is 10.9 Å². The molecule has 0 bridgehead atoms. The first-order valence-electron chi connectivity index (χ1n) is 7.16. The molecule has 2 aromatic rings. The van der Waals surface area contributed by atoms with Crippen LogP contribution in [0.1, 0.15) is 18.1 Å². The molecule has 0 radical (unpaired) electrons. The monoisotopic (exact) mass is 290 g/mol. The molecule has 0 aliphatic carbocycles. The Morgan fingerprint density at radius 3 is 2.86 bits per heavy atom. The number of aliphatic carboxylic acids is 1. The van der Waals surface area contributed by atoms with E-state index in [4.69, 9.17) is 9.84 Å². The molecular formula is C16H22N2O3.